The smallest absolute Gasteiger partial charge is 0.218 e. The van der Waals surface area contributed by atoms with Gasteiger partial charge in [0, 0.05) is 54.3 Å². The standard InChI is InChI=1S/C20H19FN6/c1-12-5-17-16(11-26-20(17)25-7-12)6-15-3-4-18(27-19(15)21)24-10-14-8-22-13(2)23-9-14/h3-5,7-9,11H,6,10H2,1-2H3,(H,24,27)(H,25,26). The zero-order chi connectivity index (χ0) is 18.8. The average Bonchev–Trinajstić information content (AvgIpc) is 3.05. The Bertz CT molecular complexity index is 1090. The Labute approximate surface area is 155 Å². The fraction of sp³-hybridized carbons (Fsp3) is 0.200. The first kappa shape index (κ1) is 17.1. The van der Waals surface area contributed by atoms with Gasteiger partial charge in [-0.2, -0.15) is 4.39 Å². The molecule has 0 aliphatic rings. The van der Waals surface area contributed by atoms with Gasteiger partial charge in [-0.3, -0.25) is 0 Å². The third-order valence-electron chi connectivity index (χ3n) is 4.37. The molecule has 0 fully saturated rings. The molecule has 7 heteroatoms. The molecule has 4 aromatic heterocycles. The number of hydrogen-bond acceptors (Lipinski definition) is 5. The number of pyridine rings is 2. The van der Waals surface area contributed by atoms with E-state index >= 15 is 0 Å². The zero-order valence-corrected chi connectivity index (χ0v) is 15.1. The van der Waals surface area contributed by atoms with Crippen LogP contribution in [0.3, 0.4) is 0 Å². The van der Waals surface area contributed by atoms with Crippen LogP contribution in [-0.4, -0.2) is 24.9 Å². The lowest BCUT2D eigenvalue weighted by Gasteiger charge is -2.08. The van der Waals surface area contributed by atoms with Gasteiger partial charge < -0.3 is 10.3 Å². The van der Waals surface area contributed by atoms with E-state index in [-0.39, 0.29) is 0 Å². The van der Waals surface area contributed by atoms with Gasteiger partial charge in [0.05, 0.1) is 0 Å². The van der Waals surface area contributed by atoms with E-state index in [9.17, 15) is 4.39 Å². The summed E-state index contributed by atoms with van der Waals surface area (Å²) in [6, 6.07) is 5.60. The van der Waals surface area contributed by atoms with Crippen molar-refractivity contribution in [1.82, 2.24) is 24.9 Å². The summed E-state index contributed by atoms with van der Waals surface area (Å²) >= 11 is 0. The van der Waals surface area contributed by atoms with E-state index in [1.165, 1.54) is 0 Å². The van der Waals surface area contributed by atoms with E-state index in [4.69, 9.17) is 0 Å². The molecule has 136 valence electrons. The highest BCUT2D eigenvalue weighted by Crippen LogP contribution is 2.22. The summed E-state index contributed by atoms with van der Waals surface area (Å²) < 4.78 is 14.5. The van der Waals surface area contributed by atoms with Crippen LogP contribution in [0.1, 0.15) is 28.1 Å². The highest BCUT2D eigenvalue weighted by molar-refractivity contribution is 5.80. The maximum absolute atomic E-state index is 14.5. The summed E-state index contributed by atoms with van der Waals surface area (Å²) in [5.41, 5.74) is 4.33. The van der Waals surface area contributed by atoms with Crippen molar-refractivity contribution in [2.24, 2.45) is 0 Å². The number of fused-ring (bicyclic) bond motifs is 1. The Morgan fingerprint density at radius 2 is 1.85 bits per heavy atom. The third kappa shape index (κ3) is 3.76. The van der Waals surface area contributed by atoms with E-state index in [0.29, 0.717) is 24.3 Å². The lowest BCUT2D eigenvalue weighted by Crippen LogP contribution is -2.05. The molecule has 0 unspecified atom stereocenters. The maximum Gasteiger partial charge on any atom is 0.218 e. The molecule has 4 heterocycles. The lowest BCUT2D eigenvalue weighted by atomic mass is 10.1. The number of aromatic amines is 1. The second kappa shape index (κ2) is 7.11. The molecular weight excluding hydrogens is 343 g/mol. The summed E-state index contributed by atoms with van der Waals surface area (Å²) in [5, 5.41) is 4.11. The number of H-pyrrole nitrogens is 1. The molecule has 0 saturated heterocycles. The van der Waals surface area contributed by atoms with Crippen LogP contribution in [0.25, 0.3) is 11.0 Å². The van der Waals surface area contributed by atoms with Gasteiger partial charge in [-0.05, 0) is 37.1 Å². The van der Waals surface area contributed by atoms with E-state index < -0.39 is 5.95 Å². The number of halogens is 1. The Kier molecular flexibility index (Phi) is 4.50. The van der Waals surface area contributed by atoms with Crippen LogP contribution in [-0.2, 0) is 13.0 Å². The Balaban J connectivity index is 1.49. The summed E-state index contributed by atoms with van der Waals surface area (Å²) in [5.74, 6) is 0.721. The molecular formula is C20H19FN6. The number of anilines is 1. The first-order chi connectivity index (χ1) is 13.1. The number of nitrogens with one attached hydrogen (secondary N) is 2. The Hall–Kier alpha value is -3.35. The normalized spacial score (nSPS) is 11.1. The first-order valence-electron chi connectivity index (χ1n) is 8.68. The van der Waals surface area contributed by atoms with Gasteiger partial charge in [0.15, 0.2) is 0 Å². The molecule has 4 aromatic rings. The average molecular weight is 362 g/mol. The van der Waals surface area contributed by atoms with Gasteiger partial charge in [0.2, 0.25) is 5.95 Å². The van der Waals surface area contributed by atoms with Gasteiger partial charge >= 0.3 is 0 Å². The van der Waals surface area contributed by atoms with Crippen molar-refractivity contribution in [3.05, 3.63) is 77.0 Å². The number of rotatable bonds is 5. The third-order valence-corrected chi connectivity index (χ3v) is 4.37. The van der Waals surface area contributed by atoms with Crippen LogP contribution in [0, 0.1) is 19.8 Å². The molecule has 0 radical (unpaired) electrons. The summed E-state index contributed by atoms with van der Waals surface area (Å²) in [6.07, 6.45) is 7.63. The van der Waals surface area contributed by atoms with Crippen LogP contribution in [0.15, 0.2) is 43.0 Å². The molecule has 27 heavy (non-hydrogen) atoms. The molecule has 0 bridgehead atoms. The zero-order valence-electron chi connectivity index (χ0n) is 15.1. The molecule has 2 N–H and O–H groups in total. The van der Waals surface area contributed by atoms with E-state index in [1.54, 1.807) is 24.5 Å². The topological polar surface area (TPSA) is 79.4 Å². The van der Waals surface area contributed by atoms with Crippen molar-refractivity contribution in [1.29, 1.82) is 0 Å². The molecule has 0 saturated carbocycles. The largest absolute Gasteiger partial charge is 0.366 e. The van der Waals surface area contributed by atoms with Crippen molar-refractivity contribution in [3.8, 4) is 0 Å². The number of nitrogens with zero attached hydrogens (tertiary/aromatic N) is 4. The minimum Gasteiger partial charge on any atom is -0.366 e. The SMILES string of the molecule is Cc1cnc2[nH]cc(Cc3ccc(NCc4cnc(C)nc4)nc3F)c2c1. The van der Waals surface area contributed by atoms with E-state index in [0.717, 1.165) is 33.5 Å². The minimum absolute atomic E-state index is 0.454. The minimum atomic E-state index is -0.477. The van der Waals surface area contributed by atoms with Crippen LogP contribution in [0.5, 0.6) is 0 Å². The molecule has 0 amide bonds. The molecule has 0 aromatic carbocycles. The van der Waals surface area contributed by atoms with Crippen molar-refractivity contribution < 1.29 is 4.39 Å². The van der Waals surface area contributed by atoms with E-state index in [2.05, 4.69) is 36.3 Å². The molecule has 4 rings (SSSR count). The van der Waals surface area contributed by atoms with Crippen LogP contribution < -0.4 is 5.32 Å². The van der Waals surface area contributed by atoms with Gasteiger partial charge in [0.25, 0.3) is 0 Å². The van der Waals surface area contributed by atoms with Gasteiger partial charge in [-0.15, -0.1) is 0 Å². The van der Waals surface area contributed by atoms with Crippen molar-refractivity contribution in [2.75, 3.05) is 5.32 Å². The van der Waals surface area contributed by atoms with E-state index in [1.807, 2.05) is 26.2 Å². The predicted molar refractivity (Wildman–Crippen MR) is 102 cm³/mol. The van der Waals surface area contributed by atoms with Crippen LogP contribution >= 0.6 is 0 Å². The summed E-state index contributed by atoms with van der Waals surface area (Å²) in [7, 11) is 0. The second-order valence-electron chi connectivity index (χ2n) is 6.54. The molecule has 0 aliphatic heterocycles. The van der Waals surface area contributed by atoms with Gasteiger partial charge in [-0.25, -0.2) is 19.9 Å². The number of aromatic nitrogens is 5. The highest BCUT2D eigenvalue weighted by atomic mass is 19.1. The number of hydrogen-bond donors (Lipinski definition) is 2. The van der Waals surface area contributed by atoms with Crippen molar-refractivity contribution in [2.45, 2.75) is 26.8 Å². The molecule has 6 nitrogen and oxygen atoms in total. The molecule has 0 spiro atoms. The predicted octanol–water partition coefficient (Wildman–Crippen LogP) is 3.71. The van der Waals surface area contributed by atoms with Crippen molar-refractivity contribution >= 4 is 16.9 Å². The summed E-state index contributed by atoms with van der Waals surface area (Å²) in [6.45, 7) is 4.31. The van der Waals surface area contributed by atoms with Crippen LogP contribution in [0.2, 0.25) is 0 Å². The molecule has 0 aliphatic carbocycles. The highest BCUT2D eigenvalue weighted by Gasteiger charge is 2.11. The van der Waals surface area contributed by atoms with Crippen LogP contribution in [0.4, 0.5) is 10.2 Å². The first-order valence-corrected chi connectivity index (χ1v) is 8.68. The maximum atomic E-state index is 14.5. The lowest BCUT2D eigenvalue weighted by molar-refractivity contribution is 0.571. The van der Waals surface area contributed by atoms with Gasteiger partial charge in [0.1, 0.15) is 17.3 Å². The Morgan fingerprint density at radius 3 is 2.63 bits per heavy atom. The van der Waals surface area contributed by atoms with Gasteiger partial charge in [-0.1, -0.05) is 6.07 Å². The fourth-order valence-electron chi connectivity index (χ4n) is 2.91. The number of aryl methyl sites for hydroxylation is 2. The molecule has 0 atom stereocenters. The van der Waals surface area contributed by atoms with Crippen molar-refractivity contribution in [3.63, 3.8) is 0 Å². The summed E-state index contributed by atoms with van der Waals surface area (Å²) in [4.78, 5) is 19.8. The monoisotopic (exact) mass is 362 g/mol. The Morgan fingerprint density at radius 1 is 1.04 bits per heavy atom. The quantitative estimate of drug-likeness (QED) is 0.529. The second-order valence-corrected chi connectivity index (χ2v) is 6.54. The fourth-order valence-corrected chi connectivity index (χ4v) is 2.91.